The molecule has 9 heteroatoms. The van der Waals surface area contributed by atoms with Gasteiger partial charge >= 0.3 is 0 Å². The zero-order valence-corrected chi connectivity index (χ0v) is 24.2. The maximum atomic E-state index is 14.9. The molecule has 0 spiro atoms. The molecule has 4 aromatic carbocycles. The van der Waals surface area contributed by atoms with Crippen LogP contribution < -0.4 is 4.72 Å². The van der Waals surface area contributed by atoms with Crippen LogP contribution in [0.4, 0.5) is 4.39 Å². The van der Waals surface area contributed by atoms with Crippen molar-refractivity contribution in [3.8, 4) is 0 Å². The standard InChI is InChI=1S/C32H25Cl2FN2O3S/c33-24-12-9-23(29(34)17-24)19-37-30-8-4-3-7-27(30)28-18-25(35)15-22(32(28)37)11-14-31(38)36-41(39,40)26-13-10-20-5-1-2-6-21(20)16-26/h1-2,5-6,9-18H,3-4,7-8,19H2,(H,36,38)/b14-11+. The summed E-state index contributed by atoms with van der Waals surface area (Å²) >= 11 is 12.6. The lowest BCUT2D eigenvalue weighted by atomic mass is 9.95. The first-order valence-electron chi connectivity index (χ1n) is 13.2. The van der Waals surface area contributed by atoms with Crippen molar-refractivity contribution in [2.24, 2.45) is 0 Å². The van der Waals surface area contributed by atoms with Crippen LogP contribution in [0.25, 0.3) is 27.8 Å². The molecule has 0 atom stereocenters. The third kappa shape index (κ3) is 5.49. The molecule has 208 valence electrons. The first kappa shape index (κ1) is 27.5. The van der Waals surface area contributed by atoms with E-state index in [4.69, 9.17) is 23.2 Å². The van der Waals surface area contributed by atoms with Gasteiger partial charge < -0.3 is 4.57 Å². The largest absolute Gasteiger partial charge is 0.339 e. The van der Waals surface area contributed by atoms with E-state index < -0.39 is 21.7 Å². The first-order valence-corrected chi connectivity index (χ1v) is 15.4. The molecule has 0 unspecified atom stereocenters. The summed E-state index contributed by atoms with van der Waals surface area (Å²) in [5.41, 5.74) is 4.30. The number of nitrogens with one attached hydrogen (secondary N) is 1. The van der Waals surface area contributed by atoms with Gasteiger partial charge in [-0.15, -0.1) is 0 Å². The normalized spacial score (nSPS) is 13.6. The van der Waals surface area contributed by atoms with Gasteiger partial charge in [-0.05, 0) is 90.1 Å². The van der Waals surface area contributed by atoms with Crippen LogP contribution in [0.1, 0.15) is 35.2 Å². The molecule has 5 aromatic rings. The van der Waals surface area contributed by atoms with Gasteiger partial charge in [-0.2, -0.15) is 0 Å². The van der Waals surface area contributed by atoms with Gasteiger partial charge in [0.1, 0.15) is 5.82 Å². The number of hydrogen-bond acceptors (Lipinski definition) is 3. The van der Waals surface area contributed by atoms with Gasteiger partial charge in [0.15, 0.2) is 0 Å². The van der Waals surface area contributed by atoms with Gasteiger partial charge in [0.2, 0.25) is 0 Å². The number of rotatable bonds is 6. The Kier molecular flexibility index (Phi) is 7.36. The van der Waals surface area contributed by atoms with Crippen LogP contribution in [0.5, 0.6) is 0 Å². The Morgan fingerprint density at radius 2 is 1.73 bits per heavy atom. The molecule has 41 heavy (non-hydrogen) atoms. The molecule has 1 N–H and O–H groups in total. The summed E-state index contributed by atoms with van der Waals surface area (Å²) in [5, 5.41) is 3.48. The van der Waals surface area contributed by atoms with E-state index in [1.54, 1.807) is 24.3 Å². The number of fused-ring (bicyclic) bond motifs is 4. The van der Waals surface area contributed by atoms with Gasteiger partial charge in [-0.3, -0.25) is 4.79 Å². The monoisotopic (exact) mass is 606 g/mol. The zero-order chi connectivity index (χ0) is 28.7. The van der Waals surface area contributed by atoms with E-state index in [1.165, 1.54) is 30.3 Å². The molecular weight excluding hydrogens is 582 g/mol. The first-order chi connectivity index (χ1) is 19.7. The van der Waals surface area contributed by atoms with Crippen LogP contribution in [-0.2, 0) is 34.2 Å². The van der Waals surface area contributed by atoms with Crippen molar-refractivity contribution in [2.75, 3.05) is 0 Å². The summed E-state index contributed by atoms with van der Waals surface area (Å²) in [6, 6.07) is 20.2. The minimum absolute atomic E-state index is 0.0208. The Morgan fingerprint density at radius 3 is 2.54 bits per heavy atom. The molecule has 1 aliphatic rings. The molecule has 1 heterocycles. The van der Waals surface area contributed by atoms with E-state index in [-0.39, 0.29) is 4.90 Å². The van der Waals surface area contributed by atoms with E-state index in [9.17, 15) is 17.6 Å². The molecule has 6 rings (SSSR count). The highest BCUT2D eigenvalue weighted by Gasteiger charge is 2.23. The van der Waals surface area contributed by atoms with Gasteiger partial charge in [-0.1, -0.05) is 59.6 Å². The molecule has 1 aromatic heterocycles. The van der Waals surface area contributed by atoms with Crippen LogP contribution in [-0.4, -0.2) is 18.9 Å². The Hall–Kier alpha value is -3.65. The van der Waals surface area contributed by atoms with E-state index in [1.807, 2.05) is 24.3 Å². The van der Waals surface area contributed by atoms with E-state index >= 15 is 0 Å². The number of carbonyl (C=O) groups excluding carboxylic acids is 1. The topological polar surface area (TPSA) is 68.2 Å². The van der Waals surface area contributed by atoms with Crippen LogP contribution in [0.15, 0.2) is 83.8 Å². The number of nitrogens with zero attached hydrogens (tertiary/aromatic N) is 1. The summed E-state index contributed by atoms with van der Waals surface area (Å²) in [7, 11) is -4.12. The predicted molar refractivity (Wildman–Crippen MR) is 162 cm³/mol. The zero-order valence-electron chi connectivity index (χ0n) is 21.8. The second-order valence-corrected chi connectivity index (χ2v) is 12.7. The summed E-state index contributed by atoms with van der Waals surface area (Å²) in [6.45, 7) is 0.441. The summed E-state index contributed by atoms with van der Waals surface area (Å²) < 4.78 is 45.0. The minimum atomic E-state index is -4.12. The van der Waals surface area contributed by atoms with Crippen LogP contribution >= 0.6 is 23.2 Å². The third-order valence-electron chi connectivity index (χ3n) is 7.49. The van der Waals surface area contributed by atoms with Crippen molar-refractivity contribution in [2.45, 2.75) is 37.1 Å². The number of hydrogen-bond donors (Lipinski definition) is 1. The van der Waals surface area contributed by atoms with Crippen molar-refractivity contribution in [3.05, 3.63) is 117 Å². The molecular formula is C32H25Cl2FN2O3S. The second kappa shape index (κ2) is 11.0. The average molecular weight is 608 g/mol. The molecule has 1 amide bonds. The molecule has 0 aliphatic heterocycles. The van der Waals surface area contributed by atoms with Crippen LogP contribution in [0, 0.1) is 5.82 Å². The quantitative estimate of drug-likeness (QED) is 0.201. The van der Waals surface area contributed by atoms with Gasteiger partial charge in [-0.25, -0.2) is 17.5 Å². The molecule has 0 saturated heterocycles. The number of carbonyl (C=O) groups is 1. The number of sulfonamides is 1. The highest BCUT2D eigenvalue weighted by molar-refractivity contribution is 7.90. The van der Waals surface area contributed by atoms with Crippen molar-refractivity contribution < 1.29 is 17.6 Å². The molecule has 0 saturated carbocycles. The number of benzene rings is 4. The van der Waals surface area contributed by atoms with Crippen molar-refractivity contribution in [1.82, 2.24) is 9.29 Å². The van der Waals surface area contributed by atoms with E-state index in [0.717, 1.165) is 70.3 Å². The summed E-state index contributed by atoms with van der Waals surface area (Å²) in [5.74, 6) is -1.27. The lowest BCUT2D eigenvalue weighted by molar-refractivity contribution is -0.114. The Balaban J connectivity index is 1.36. The van der Waals surface area contributed by atoms with Gasteiger partial charge in [0, 0.05) is 39.3 Å². The average Bonchev–Trinajstić information content (AvgIpc) is 3.26. The Morgan fingerprint density at radius 1 is 0.951 bits per heavy atom. The number of aryl methyl sites for hydroxylation is 1. The minimum Gasteiger partial charge on any atom is -0.339 e. The smallest absolute Gasteiger partial charge is 0.264 e. The highest BCUT2D eigenvalue weighted by Crippen LogP contribution is 2.36. The van der Waals surface area contributed by atoms with Crippen molar-refractivity contribution in [1.29, 1.82) is 0 Å². The van der Waals surface area contributed by atoms with E-state index in [0.29, 0.717) is 22.2 Å². The maximum absolute atomic E-state index is 14.9. The highest BCUT2D eigenvalue weighted by atomic mass is 35.5. The third-order valence-corrected chi connectivity index (χ3v) is 9.42. The summed E-state index contributed by atoms with van der Waals surface area (Å²) in [6.07, 6.45) is 6.26. The maximum Gasteiger partial charge on any atom is 0.264 e. The SMILES string of the molecule is O=C(/C=C/c1cc(F)cc2c3c(n(Cc4ccc(Cl)cc4Cl)c12)CCCC3)NS(=O)(=O)c1ccc2ccccc2c1. The second-order valence-electron chi connectivity index (χ2n) is 10.2. The van der Waals surface area contributed by atoms with Gasteiger partial charge in [0.25, 0.3) is 15.9 Å². The van der Waals surface area contributed by atoms with Crippen LogP contribution in [0.2, 0.25) is 10.0 Å². The predicted octanol–water partition coefficient (Wildman–Crippen LogP) is 7.69. The Labute approximate surface area is 247 Å². The molecule has 1 aliphatic carbocycles. The van der Waals surface area contributed by atoms with E-state index in [2.05, 4.69) is 9.29 Å². The van der Waals surface area contributed by atoms with Crippen LogP contribution in [0.3, 0.4) is 0 Å². The number of aromatic nitrogens is 1. The van der Waals surface area contributed by atoms with Crippen molar-refractivity contribution in [3.63, 3.8) is 0 Å². The molecule has 5 nitrogen and oxygen atoms in total. The lowest BCUT2D eigenvalue weighted by Crippen LogP contribution is -2.28. The Bertz CT molecular complexity index is 1980. The fourth-order valence-corrected chi connectivity index (χ4v) is 7.06. The molecule has 0 radical (unpaired) electrons. The lowest BCUT2D eigenvalue weighted by Gasteiger charge is -2.17. The number of amides is 1. The van der Waals surface area contributed by atoms with Crippen molar-refractivity contribution >= 4 is 66.9 Å². The molecule has 0 fully saturated rings. The number of halogens is 3. The van der Waals surface area contributed by atoms with Gasteiger partial charge in [0.05, 0.1) is 10.4 Å². The fraction of sp³-hybridized carbons (Fsp3) is 0.156. The summed E-state index contributed by atoms with van der Waals surface area (Å²) in [4.78, 5) is 12.8. The fourth-order valence-electron chi connectivity index (χ4n) is 5.61. The molecule has 0 bridgehead atoms.